The van der Waals surface area contributed by atoms with Gasteiger partial charge in [0.15, 0.2) is 0 Å². The van der Waals surface area contributed by atoms with Crippen LogP contribution in [0.3, 0.4) is 0 Å². The summed E-state index contributed by atoms with van der Waals surface area (Å²) in [4.78, 5) is 28.1. The molecule has 1 N–H and O–H groups in total. The van der Waals surface area contributed by atoms with Crippen molar-refractivity contribution in [1.29, 1.82) is 0 Å². The zero-order chi connectivity index (χ0) is 16.1. The van der Waals surface area contributed by atoms with E-state index in [0.29, 0.717) is 36.8 Å². The fraction of sp³-hybridized carbons (Fsp3) is 0.500. The van der Waals surface area contributed by atoms with E-state index in [2.05, 4.69) is 5.32 Å². The molecule has 0 unspecified atom stereocenters. The minimum absolute atomic E-state index is 0.0337. The molecule has 0 bridgehead atoms. The minimum Gasteiger partial charge on any atom is -0.337 e. The van der Waals surface area contributed by atoms with Gasteiger partial charge in [-0.05, 0) is 38.5 Å². The summed E-state index contributed by atoms with van der Waals surface area (Å²) in [5.74, 6) is -0.0337. The van der Waals surface area contributed by atoms with E-state index >= 15 is 0 Å². The summed E-state index contributed by atoms with van der Waals surface area (Å²) in [6.07, 6.45) is 0.776. The molecular weight excluding hydrogens is 302 g/mol. The maximum absolute atomic E-state index is 12.5. The van der Waals surface area contributed by atoms with Gasteiger partial charge in [-0.15, -0.1) is 0 Å². The lowest BCUT2D eigenvalue weighted by Crippen LogP contribution is -2.44. The number of carbonyl (C=O) groups excluding carboxylic acids is 2. The third-order valence-corrected chi connectivity index (χ3v) is 3.79. The predicted molar refractivity (Wildman–Crippen MR) is 87.2 cm³/mol. The number of urea groups is 1. The zero-order valence-corrected chi connectivity index (χ0v) is 13.8. The summed E-state index contributed by atoms with van der Waals surface area (Å²) in [5, 5.41) is 3.44. The topological polar surface area (TPSA) is 52.7 Å². The van der Waals surface area contributed by atoms with E-state index in [0.717, 1.165) is 6.42 Å². The number of carbonyl (C=O) groups is 2. The van der Waals surface area contributed by atoms with E-state index in [-0.39, 0.29) is 18.0 Å². The molecule has 0 aromatic heterocycles. The van der Waals surface area contributed by atoms with E-state index in [4.69, 9.17) is 11.6 Å². The quantitative estimate of drug-likeness (QED) is 0.909. The number of hydrogen-bond acceptors (Lipinski definition) is 2. The Kier molecular flexibility index (Phi) is 5.66. The highest BCUT2D eigenvalue weighted by molar-refractivity contribution is 6.30. The highest BCUT2D eigenvalue weighted by Crippen LogP contribution is 2.14. The molecule has 0 radical (unpaired) electrons. The Morgan fingerprint density at radius 3 is 2.50 bits per heavy atom. The first-order chi connectivity index (χ1) is 10.5. The smallest absolute Gasteiger partial charge is 0.317 e. The fourth-order valence-electron chi connectivity index (χ4n) is 2.47. The number of nitrogens with one attached hydrogen (secondary N) is 1. The molecule has 6 heteroatoms. The Labute approximate surface area is 136 Å². The molecule has 0 aliphatic carbocycles. The van der Waals surface area contributed by atoms with Crippen LogP contribution in [0.2, 0.25) is 5.02 Å². The van der Waals surface area contributed by atoms with Crippen LogP contribution >= 0.6 is 11.6 Å². The molecule has 0 spiro atoms. The Morgan fingerprint density at radius 2 is 1.82 bits per heavy atom. The van der Waals surface area contributed by atoms with Gasteiger partial charge in [0.1, 0.15) is 0 Å². The molecule has 1 saturated heterocycles. The average Bonchev–Trinajstić information content (AvgIpc) is 2.71. The number of amides is 3. The molecule has 2 rings (SSSR count). The van der Waals surface area contributed by atoms with Gasteiger partial charge in [-0.2, -0.15) is 0 Å². The maximum atomic E-state index is 12.5. The van der Waals surface area contributed by atoms with E-state index < -0.39 is 0 Å². The first kappa shape index (κ1) is 16.6. The van der Waals surface area contributed by atoms with E-state index in [9.17, 15) is 9.59 Å². The molecule has 1 fully saturated rings. The zero-order valence-electron chi connectivity index (χ0n) is 13.0. The highest BCUT2D eigenvalue weighted by atomic mass is 35.5. The first-order valence-corrected chi connectivity index (χ1v) is 7.95. The van der Waals surface area contributed by atoms with Crippen LogP contribution in [0.15, 0.2) is 24.3 Å². The van der Waals surface area contributed by atoms with Gasteiger partial charge in [-0.1, -0.05) is 17.7 Å². The molecule has 120 valence electrons. The van der Waals surface area contributed by atoms with Gasteiger partial charge < -0.3 is 15.1 Å². The van der Waals surface area contributed by atoms with Crippen molar-refractivity contribution in [3.8, 4) is 0 Å². The largest absolute Gasteiger partial charge is 0.337 e. The molecule has 1 aliphatic rings. The van der Waals surface area contributed by atoms with Gasteiger partial charge in [0.25, 0.3) is 5.91 Å². The van der Waals surface area contributed by atoms with Gasteiger partial charge in [0, 0.05) is 42.8 Å². The monoisotopic (exact) mass is 323 g/mol. The molecule has 22 heavy (non-hydrogen) atoms. The van der Waals surface area contributed by atoms with E-state index in [1.165, 1.54) is 0 Å². The van der Waals surface area contributed by atoms with Crippen molar-refractivity contribution in [1.82, 2.24) is 15.1 Å². The summed E-state index contributed by atoms with van der Waals surface area (Å²) < 4.78 is 0. The summed E-state index contributed by atoms with van der Waals surface area (Å²) in [6.45, 7) is 6.27. The Morgan fingerprint density at radius 1 is 1.14 bits per heavy atom. The third-order valence-electron chi connectivity index (χ3n) is 3.55. The van der Waals surface area contributed by atoms with Gasteiger partial charge in [-0.25, -0.2) is 4.79 Å². The maximum Gasteiger partial charge on any atom is 0.317 e. The lowest BCUT2D eigenvalue weighted by Gasteiger charge is -2.23. The van der Waals surface area contributed by atoms with Crippen molar-refractivity contribution in [2.24, 2.45) is 0 Å². The van der Waals surface area contributed by atoms with Crippen molar-refractivity contribution in [2.75, 3.05) is 26.2 Å². The minimum atomic E-state index is -0.0629. The number of nitrogens with zero attached hydrogens (tertiary/aromatic N) is 2. The molecule has 1 heterocycles. The molecule has 1 aromatic rings. The van der Waals surface area contributed by atoms with Crippen LogP contribution < -0.4 is 5.32 Å². The van der Waals surface area contributed by atoms with Crippen LogP contribution in [0.1, 0.15) is 30.6 Å². The van der Waals surface area contributed by atoms with Crippen LogP contribution in [0.5, 0.6) is 0 Å². The number of hydrogen-bond donors (Lipinski definition) is 1. The summed E-state index contributed by atoms with van der Waals surface area (Å²) in [6, 6.07) is 7.02. The Bertz CT molecular complexity index is 548. The van der Waals surface area contributed by atoms with Crippen molar-refractivity contribution in [3.05, 3.63) is 34.9 Å². The van der Waals surface area contributed by atoms with Crippen LogP contribution in [-0.2, 0) is 0 Å². The Hall–Kier alpha value is -1.75. The van der Waals surface area contributed by atoms with Crippen LogP contribution in [0.4, 0.5) is 4.79 Å². The molecule has 0 saturated carbocycles. The van der Waals surface area contributed by atoms with Crippen LogP contribution in [-0.4, -0.2) is 54.0 Å². The van der Waals surface area contributed by atoms with Gasteiger partial charge in [0.2, 0.25) is 0 Å². The lowest BCUT2D eigenvalue weighted by atomic mass is 10.2. The predicted octanol–water partition coefficient (Wildman–Crippen LogP) is 2.61. The fourth-order valence-corrected chi connectivity index (χ4v) is 2.66. The average molecular weight is 324 g/mol. The van der Waals surface area contributed by atoms with Gasteiger partial charge in [-0.3, -0.25) is 4.79 Å². The molecule has 1 aliphatic heterocycles. The summed E-state index contributed by atoms with van der Waals surface area (Å²) >= 11 is 5.94. The number of rotatable bonds is 2. The van der Waals surface area contributed by atoms with E-state index in [1.54, 1.807) is 34.1 Å². The van der Waals surface area contributed by atoms with Gasteiger partial charge >= 0.3 is 6.03 Å². The van der Waals surface area contributed by atoms with Gasteiger partial charge in [0.05, 0.1) is 0 Å². The molecule has 1 aromatic carbocycles. The van der Waals surface area contributed by atoms with Crippen molar-refractivity contribution < 1.29 is 9.59 Å². The first-order valence-electron chi connectivity index (χ1n) is 7.57. The van der Waals surface area contributed by atoms with Crippen molar-refractivity contribution >= 4 is 23.5 Å². The lowest BCUT2D eigenvalue weighted by molar-refractivity contribution is 0.0762. The molecule has 0 atom stereocenters. The van der Waals surface area contributed by atoms with Crippen LogP contribution in [0.25, 0.3) is 0 Å². The second kappa shape index (κ2) is 7.49. The molecular formula is C16H22ClN3O2. The Balaban J connectivity index is 1.98. The number of halogens is 1. The summed E-state index contributed by atoms with van der Waals surface area (Å²) in [7, 11) is 0. The second-order valence-corrected chi connectivity index (χ2v) is 6.18. The molecule has 3 amide bonds. The molecule has 5 nitrogen and oxygen atoms in total. The number of benzene rings is 1. The van der Waals surface area contributed by atoms with Crippen molar-refractivity contribution in [3.63, 3.8) is 0 Å². The standard InChI is InChI=1S/C16H22ClN3O2/c1-12(2)18-16(22)20-8-4-7-19(9-10-20)15(21)13-5-3-6-14(17)11-13/h3,5-6,11-12H,4,7-10H2,1-2H3,(H,18,22). The third kappa shape index (κ3) is 4.37. The normalized spacial score (nSPS) is 15.6. The highest BCUT2D eigenvalue weighted by Gasteiger charge is 2.23. The van der Waals surface area contributed by atoms with Crippen molar-refractivity contribution in [2.45, 2.75) is 26.3 Å². The van der Waals surface area contributed by atoms with E-state index in [1.807, 2.05) is 13.8 Å². The van der Waals surface area contributed by atoms with Crippen LogP contribution in [0, 0.1) is 0 Å². The SMILES string of the molecule is CC(C)NC(=O)N1CCCN(C(=O)c2cccc(Cl)c2)CC1. The summed E-state index contributed by atoms with van der Waals surface area (Å²) in [5.41, 5.74) is 0.590. The second-order valence-electron chi connectivity index (χ2n) is 5.75.